The van der Waals surface area contributed by atoms with Gasteiger partial charge < -0.3 is 15.0 Å². The minimum atomic E-state index is -0.270. The van der Waals surface area contributed by atoms with Gasteiger partial charge in [0.25, 0.3) is 0 Å². The molecule has 1 aromatic heterocycles. The van der Waals surface area contributed by atoms with Crippen LogP contribution >= 0.6 is 23.1 Å². The topological polar surface area (TPSA) is 71.2 Å². The Morgan fingerprint density at radius 3 is 2.54 bits per heavy atom. The van der Waals surface area contributed by atoms with E-state index >= 15 is 0 Å². The third-order valence-corrected chi connectivity index (χ3v) is 7.10. The highest BCUT2D eigenvalue weighted by molar-refractivity contribution is 7.99. The molecule has 0 aliphatic carbocycles. The standard InChI is InChI=1S/C21H20N2O3S2/c1-12-3-5-13(6-4-12)17-16(11-27-20-18(17)28-21(25)23-20)19(24)22-14-7-9-15(26-2)10-8-14/h3-10,16-17H,11H2,1-2H3,(H,22,24)(H,23,25)/t16-,17+/m0/s1. The number of fused-ring (bicyclic) bond motifs is 1. The van der Waals surface area contributed by atoms with Crippen LogP contribution in [-0.2, 0) is 4.79 Å². The largest absolute Gasteiger partial charge is 0.497 e. The molecule has 0 saturated carbocycles. The van der Waals surface area contributed by atoms with Crippen LogP contribution in [0.4, 0.5) is 5.69 Å². The highest BCUT2D eigenvalue weighted by atomic mass is 32.2. The van der Waals surface area contributed by atoms with E-state index in [-0.39, 0.29) is 22.6 Å². The average molecular weight is 413 g/mol. The van der Waals surface area contributed by atoms with Crippen molar-refractivity contribution in [2.75, 3.05) is 18.2 Å². The van der Waals surface area contributed by atoms with Gasteiger partial charge in [-0.1, -0.05) is 41.2 Å². The Balaban J connectivity index is 1.66. The highest BCUT2D eigenvalue weighted by Crippen LogP contribution is 2.45. The number of ether oxygens (including phenoxy) is 1. The van der Waals surface area contributed by atoms with Crippen LogP contribution in [0.2, 0.25) is 0 Å². The van der Waals surface area contributed by atoms with Gasteiger partial charge in [0.05, 0.1) is 18.1 Å². The van der Waals surface area contributed by atoms with Crippen molar-refractivity contribution in [3.05, 3.63) is 74.2 Å². The number of benzene rings is 2. The van der Waals surface area contributed by atoms with Gasteiger partial charge in [-0.3, -0.25) is 9.59 Å². The molecule has 0 saturated heterocycles. The molecule has 2 aromatic carbocycles. The molecule has 1 aliphatic heterocycles. The Morgan fingerprint density at radius 1 is 1.14 bits per heavy atom. The number of thiazole rings is 1. The number of methoxy groups -OCH3 is 1. The molecular formula is C21H20N2O3S2. The zero-order valence-electron chi connectivity index (χ0n) is 15.5. The Bertz CT molecular complexity index is 1040. The third kappa shape index (κ3) is 3.72. The Labute approximate surface area is 171 Å². The second-order valence-electron chi connectivity index (χ2n) is 6.73. The average Bonchev–Trinajstić information content (AvgIpc) is 3.08. The summed E-state index contributed by atoms with van der Waals surface area (Å²) in [7, 11) is 1.61. The van der Waals surface area contributed by atoms with Crippen LogP contribution in [0.15, 0.2) is 58.4 Å². The van der Waals surface area contributed by atoms with Crippen LogP contribution in [-0.4, -0.2) is 23.8 Å². The number of carbonyl (C=O) groups is 1. The van der Waals surface area contributed by atoms with Crippen molar-refractivity contribution in [1.29, 1.82) is 0 Å². The number of thioether (sulfide) groups is 1. The van der Waals surface area contributed by atoms with Crippen LogP contribution in [0.3, 0.4) is 0 Å². The predicted octanol–water partition coefficient (Wildman–Crippen LogP) is 4.25. The van der Waals surface area contributed by atoms with Gasteiger partial charge in [0, 0.05) is 22.2 Å². The molecule has 2 N–H and O–H groups in total. The normalized spacial score (nSPS) is 18.4. The third-order valence-electron chi connectivity index (χ3n) is 4.86. The quantitative estimate of drug-likeness (QED) is 0.672. The molecule has 1 amide bonds. The molecule has 0 radical (unpaired) electrons. The minimum absolute atomic E-state index is 0.0465. The summed E-state index contributed by atoms with van der Waals surface area (Å²) in [6.45, 7) is 2.04. The van der Waals surface area contributed by atoms with Gasteiger partial charge in [-0.15, -0.1) is 11.8 Å². The molecule has 0 unspecified atom stereocenters. The smallest absolute Gasteiger partial charge is 0.305 e. The molecule has 3 aromatic rings. The van der Waals surface area contributed by atoms with Gasteiger partial charge in [-0.2, -0.15) is 0 Å². The number of aromatic amines is 1. The van der Waals surface area contributed by atoms with E-state index < -0.39 is 0 Å². The van der Waals surface area contributed by atoms with Crippen LogP contribution in [0.1, 0.15) is 21.9 Å². The molecule has 0 fully saturated rings. The molecular weight excluding hydrogens is 392 g/mol. The summed E-state index contributed by atoms with van der Waals surface area (Å²) < 4.78 is 5.17. The van der Waals surface area contributed by atoms with E-state index in [1.165, 1.54) is 23.1 Å². The number of aryl methyl sites for hydroxylation is 1. The summed E-state index contributed by atoms with van der Waals surface area (Å²) in [6, 6.07) is 15.5. The number of hydrogen-bond acceptors (Lipinski definition) is 5. The zero-order chi connectivity index (χ0) is 19.7. The van der Waals surface area contributed by atoms with Gasteiger partial charge in [0.2, 0.25) is 5.91 Å². The van der Waals surface area contributed by atoms with Crippen molar-refractivity contribution in [3.63, 3.8) is 0 Å². The van der Waals surface area contributed by atoms with Crippen LogP contribution in [0.5, 0.6) is 5.75 Å². The first-order valence-corrected chi connectivity index (χ1v) is 10.7. The fourth-order valence-corrected chi connectivity index (χ4v) is 5.80. The lowest BCUT2D eigenvalue weighted by Gasteiger charge is -2.30. The van der Waals surface area contributed by atoms with E-state index in [0.717, 1.165) is 32.5 Å². The predicted molar refractivity (Wildman–Crippen MR) is 114 cm³/mol. The van der Waals surface area contributed by atoms with E-state index in [9.17, 15) is 9.59 Å². The fraction of sp³-hybridized carbons (Fsp3) is 0.238. The Kier molecular flexibility index (Phi) is 5.28. The molecule has 5 nitrogen and oxygen atoms in total. The van der Waals surface area contributed by atoms with Crippen molar-refractivity contribution >= 4 is 34.7 Å². The summed E-state index contributed by atoms with van der Waals surface area (Å²) in [5.74, 6) is 0.897. The van der Waals surface area contributed by atoms with Gasteiger partial charge in [0.15, 0.2) is 0 Å². The SMILES string of the molecule is COc1ccc(NC(=O)[C@H]2CSc3[nH]c(=O)sc3[C@@H]2c2ccc(C)cc2)cc1. The number of nitrogens with one attached hydrogen (secondary N) is 2. The fourth-order valence-electron chi connectivity index (χ4n) is 3.38. The zero-order valence-corrected chi connectivity index (χ0v) is 17.2. The first kappa shape index (κ1) is 18.8. The van der Waals surface area contributed by atoms with E-state index in [4.69, 9.17) is 4.74 Å². The maximum atomic E-state index is 13.1. The molecule has 7 heteroatoms. The molecule has 0 spiro atoms. The molecule has 144 valence electrons. The van der Waals surface area contributed by atoms with Crippen molar-refractivity contribution in [2.45, 2.75) is 17.9 Å². The van der Waals surface area contributed by atoms with Crippen molar-refractivity contribution in [1.82, 2.24) is 4.98 Å². The lowest BCUT2D eigenvalue weighted by Crippen LogP contribution is -2.32. The molecule has 2 heterocycles. The molecule has 28 heavy (non-hydrogen) atoms. The Hall–Kier alpha value is -2.51. The van der Waals surface area contributed by atoms with Gasteiger partial charge in [-0.25, -0.2) is 0 Å². The summed E-state index contributed by atoms with van der Waals surface area (Å²) in [5, 5.41) is 3.90. The second kappa shape index (κ2) is 7.85. The molecule has 0 bridgehead atoms. The molecule has 4 rings (SSSR count). The van der Waals surface area contributed by atoms with Gasteiger partial charge in [-0.05, 0) is 36.8 Å². The summed E-state index contributed by atoms with van der Waals surface area (Å²) >= 11 is 2.74. The number of rotatable bonds is 4. The van der Waals surface area contributed by atoms with Gasteiger partial charge >= 0.3 is 4.87 Å². The maximum Gasteiger partial charge on any atom is 0.305 e. The minimum Gasteiger partial charge on any atom is -0.497 e. The van der Waals surface area contributed by atoms with Crippen molar-refractivity contribution in [2.24, 2.45) is 5.92 Å². The monoisotopic (exact) mass is 412 g/mol. The number of aromatic nitrogens is 1. The lowest BCUT2D eigenvalue weighted by atomic mass is 9.84. The first-order valence-electron chi connectivity index (χ1n) is 8.92. The van der Waals surface area contributed by atoms with Gasteiger partial charge in [0.1, 0.15) is 5.75 Å². The first-order chi connectivity index (χ1) is 13.5. The van der Waals surface area contributed by atoms with Crippen molar-refractivity contribution in [3.8, 4) is 5.75 Å². The van der Waals surface area contributed by atoms with E-state index in [1.807, 2.05) is 43.3 Å². The van der Waals surface area contributed by atoms with Crippen molar-refractivity contribution < 1.29 is 9.53 Å². The number of amides is 1. The summed E-state index contributed by atoms with van der Waals surface area (Å²) in [5.41, 5.74) is 2.94. The highest BCUT2D eigenvalue weighted by Gasteiger charge is 2.38. The van der Waals surface area contributed by atoms with Crippen LogP contribution in [0, 0.1) is 12.8 Å². The number of anilines is 1. The van der Waals surface area contributed by atoms with Crippen LogP contribution in [0.25, 0.3) is 0 Å². The number of hydrogen-bond donors (Lipinski definition) is 2. The molecule has 2 atom stereocenters. The Morgan fingerprint density at radius 2 is 1.86 bits per heavy atom. The number of carbonyl (C=O) groups excluding carboxylic acids is 1. The van der Waals surface area contributed by atoms with E-state index in [1.54, 1.807) is 7.11 Å². The summed E-state index contributed by atoms with van der Waals surface area (Å²) in [4.78, 5) is 28.9. The maximum absolute atomic E-state index is 13.1. The van der Waals surface area contributed by atoms with Crippen LogP contribution < -0.4 is 14.9 Å². The van der Waals surface area contributed by atoms with E-state index in [0.29, 0.717) is 5.75 Å². The lowest BCUT2D eigenvalue weighted by molar-refractivity contribution is -0.119. The number of H-pyrrole nitrogens is 1. The van der Waals surface area contributed by atoms with E-state index in [2.05, 4.69) is 22.4 Å². The summed E-state index contributed by atoms with van der Waals surface area (Å²) in [6.07, 6.45) is 0. The second-order valence-corrected chi connectivity index (χ2v) is 8.78. The molecule has 1 aliphatic rings.